The summed E-state index contributed by atoms with van der Waals surface area (Å²) in [4.78, 5) is 18.7. The summed E-state index contributed by atoms with van der Waals surface area (Å²) in [7, 11) is 1.62. The van der Waals surface area contributed by atoms with E-state index in [0.29, 0.717) is 23.4 Å². The number of likely N-dealkylation sites (tertiary alicyclic amines) is 1. The molecular formula is C17H15FN4OS. The smallest absolute Gasteiger partial charge is 0.228 e. The van der Waals surface area contributed by atoms with Gasteiger partial charge in [0, 0.05) is 41.9 Å². The number of hydrogen-bond acceptors (Lipinski definition) is 5. The largest absolute Gasteiger partial charge is 0.304 e. The third-order valence-electron chi connectivity index (χ3n) is 4.31. The van der Waals surface area contributed by atoms with Gasteiger partial charge in [-0.3, -0.25) is 10.2 Å². The lowest BCUT2D eigenvalue weighted by molar-refractivity contribution is -0.128. The van der Waals surface area contributed by atoms with Crippen LogP contribution in [0.4, 0.5) is 4.39 Å². The summed E-state index contributed by atoms with van der Waals surface area (Å²) >= 11 is 1.41. The van der Waals surface area contributed by atoms with Crippen LogP contribution in [0.1, 0.15) is 30.2 Å². The minimum Gasteiger partial charge on any atom is -0.304 e. The number of amidine groups is 1. The predicted molar refractivity (Wildman–Crippen MR) is 89.3 cm³/mol. The van der Waals surface area contributed by atoms with Crippen LogP contribution >= 0.6 is 11.3 Å². The van der Waals surface area contributed by atoms with Crippen molar-refractivity contribution < 1.29 is 9.18 Å². The van der Waals surface area contributed by atoms with Crippen molar-refractivity contribution in [2.45, 2.75) is 25.2 Å². The Morgan fingerprint density at radius 2 is 2.21 bits per heavy atom. The Balaban J connectivity index is 1.95. The summed E-state index contributed by atoms with van der Waals surface area (Å²) in [5.41, 5.74) is 0.183. The summed E-state index contributed by atoms with van der Waals surface area (Å²) in [6.07, 6.45) is 2.49. The molecule has 1 amide bonds. The van der Waals surface area contributed by atoms with E-state index in [4.69, 9.17) is 10.7 Å². The molecule has 1 aromatic heterocycles. The molecule has 1 aliphatic rings. The average Bonchev–Trinajstić information content (AvgIpc) is 3.04. The zero-order valence-electron chi connectivity index (χ0n) is 13.3. The van der Waals surface area contributed by atoms with E-state index in [1.807, 2.05) is 13.0 Å². The van der Waals surface area contributed by atoms with Crippen molar-refractivity contribution in [3.05, 3.63) is 40.7 Å². The van der Waals surface area contributed by atoms with Gasteiger partial charge in [0.15, 0.2) is 0 Å². The molecule has 1 atom stereocenters. The number of nitriles is 1. The highest BCUT2D eigenvalue weighted by Crippen LogP contribution is 2.40. The Morgan fingerprint density at radius 3 is 2.88 bits per heavy atom. The second-order valence-corrected chi connectivity index (χ2v) is 7.18. The normalized spacial score (nSPS) is 21.0. The summed E-state index contributed by atoms with van der Waals surface area (Å²) in [5.74, 6) is -0.353. The van der Waals surface area contributed by atoms with Gasteiger partial charge in [0.2, 0.25) is 5.91 Å². The van der Waals surface area contributed by atoms with Gasteiger partial charge in [0.1, 0.15) is 22.7 Å². The van der Waals surface area contributed by atoms with Gasteiger partial charge in [-0.25, -0.2) is 9.37 Å². The molecule has 1 saturated heterocycles. The van der Waals surface area contributed by atoms with E-state index in [2.05, 4.69) is 4.98 Å². The number of carbonyl (C=O) groups excluding carboxylic acids is 1. The highest BCUT2D eigenvalue weighted by atomic mass is 32.1. The zero-order chi connectivity index (χ0) is 17.5. The Kier molecular flexibility index (Phi) is 3.93. The summed E-state index contributed by atoms with van der Waals surface area (Å²) in [5, 5.41) is 17.6. The third-order valence-corrected chi connectivity index (χ3v) is 5.66. The van der Waals surface area contributed by atoms with Crippen molar-refractivity contribution in [3.63, 3.8) is 0 Å². The van der Waals surface area contributed by atoms with Crippen LogP contribution in [0.2, 0.25) is 0 Å². The van der Waals surface area contributed by atoms with Gasteiger partial charge in [0.25, 0.3) is 0 Å². The van der Waals surface area contributed by atoms with Gasteiger partial charge < -0.3 is 4.90 Å². The van der Waals surface area contributed by atoms with Gasteiger partial charge in [-0.15, -0.1) is 11.3 Å². The van der Waals surface area contributed by atoms with Gasteiger partial charge in [-0.1, -0.05) is 6.92 Å². The minimum absolute atomic E-state index is 0.0216. The molecule has 1 aliphatic heterocycles. The number of aromatic nitrogens is 1. The standard InChI is InChI=1S/C17H15FN4OS/c1-17(6-14(20)22(2)15(23)7-17)13-9-21-16(24-13)10-3-4-12(18)11(5-10)8-19/h3-5,9,20H,6-7H2,1-2H3/t17-/m0/s1. The maximum atomic E-state index is 13.5. The predicted octanol–water partition coefficient (Wildman–Crippen LogP) is 3.31. The molecule has 2 aromatic rings. The second-order valence-electron chi connectivity index (χ2n) is 6.15. The van der Waals surface area contributed by atoms with Crippen molar-refractivity contribution in [2.75, 3.05) is 7.05 Å². The molecule has 1 aromatic carbocycles. The Morgan fingerprint density at radius 1 is 1.46 bits per heavy atom. The number of amides is 1. The fraction of sp³-hybridized carbons (Fsp3) is 0.294. The molecule has 122 valence electrons. The number of halogens is 1. The highest BCUT2D eigenvalue weighted by Gasteiger charge is 2.39. The van der Waals surface area contributed by atoms with E-state index in [9.17, 15) is 9.18 Å². The number of nitrogens with zero attached hydrogens (tertiary/aromatic N) is 3. The van der Waals surface area contributed by atoms with Crippen LogP contribution in [0.25, 0.3) is 10.6 Å². The lowest BCUT2D eigenvalue weighted by Crippen LogP contribution is -2.46. The molecular weight excluding hydrogens is 327 g/mol. The van der Waals surface area contributed by atoms with Gasteiger partial charge in [-0.2, -0.15) is 5.26 Å². The number of rotatable bonds is 2. The molecule has 0 spiro atoms. The van der Waals surface area contributed by atoms with E-state index in [0.717, 1.165) is 4.88 Å². The number of carbonyl (C=O) groups is 1. The Labute approximate surface area is 142 Å². The number of thiazole rings is 1. The minimum atomic E-state index is -0.556. The van der Waals surface area contributed by atoms with E-state index < -0.39 is 11.2 Å². The first-order chi connectivity index (χ1) is 11.3. The van der Waals surface area contributed by atoms with Gasteiger partial charge in [-0.05, 0) is 18.2 Å². The molecule has 24 heavy (non-hydrogen) atoms. The van der Waals surface area contributed by atoms with Crippen molar-refractivity contribution in [3.8, 4) is 16.6 Å². The summed E-state index contributed by atoms with van der Waals surface area (Å²) < 4.78 is 13.5. The van der Waals surface area contributed by atoms with Crippen molar-refractivity contribution in [2.24, 2.45) is 0 Å². The fourth-order valence-electron chi connectivity index (χ4n) is 2.76. The van der Waals surface area contributed by atoms with Crippen LogP contribution < -0.4 is 0 Å². The molecule has 0 radical (unpaired) electrons. The first kappa shape index (κ1) is 16.3. The molecule has 0 unspecified atom stereocenters. The summed E-state index contributed by atoms with van der Waals surface area (Å²) in [6, 6.07) is 6.14. The van der Waals surface area contributed by atoms with Crippen LogP contribution in [0, 0.1) is 22.6 Å². The quantitative estimate of drug-likeness (QED) is 0.909. The van der Waals surface area contributed by atoms with Crippen LogP contribution in [0.5, 0.6) is 0 Å². The molecule has 3 rings (SSSR count). The van der Waals surface area contributed by atoms with Gasteiger partial charge in [0.05, 0.1) is 5.56 Å². The molecule has 5 nitrogen and oxygen atoms in total. The maximum absolute atomic E-state index is 13.5. The SMILES string of the molecule is CN1C(=N)C[C@](C)(c2cnc(-c3ccc(F)c(C#N)c3)s2)CC1=O. The van der Waals surface area contributed by atoms with Crippen molar-refractivity contribution >= 4 is 23.1 Å². The van der Waals surface area contributed by atoms with Crippen LogP contribution in [0.15, 0.2) is 24.4 Å². The number of benzene rings is 1. The summed E-state index contributed by atoms with van der Waals surface area (Å²) in [6.45, 7) is 1.95. The molecule has 1 N–H and O–H groups in total. The first-order valence-corrected chi connectivity index (χ1v) is 8.16. The van der Waals surface area contributed by atoms with Crippen molar-refractivity contribution in [1.29, 1.82) is 10.7 Å². The molecule has 7 heteroatoms. The number of nitrogens with one attached hydrogen (secondary N) is 1. The second kappa shape index (κ2) is 5.80. The number of hydrogen-bond donors (Lipinski definition) is 1. The van der Waals surface area contributed by atoms with Crippen LogP contribution in [0.3, 0.4) is 0 Å². The van der Waals surface area contributed by atoms with E-state index in [-0.39, 0.29) is 17.3 Å². The lowest BCUT2D eigenvalue weighted by atomic mass is 9.78. The van der Waals surface area contributed by atoms with Crippen molar-refractivity contribution in [1.82, 2.24) is 9.88 Å². The van der Waals surface area contributed by atoms with Gasteiger partial charge >= 0.3 is 0 Å². The van der Waals surface area contributed by atoms with E-state index in [1.54, 1.807) is 19.3 Å². The molecule has 0 saturated carbocycles. The van der Waals surface area contributed by atoms with E-state index in [1.165, 1.54) is 28.4 Å². The average molecular weight is 342 g/mol. The fourth-order valence-corrected chi connectivity index (χ4v) is 3.81. The topological polar surface area (TPSA) is 80.8 Å². The van der Waals surface area contributed by atoms with Crippen LogP contribution in [-0.2, 0) is 10.2 Å². The first-order valence-electron chi connectivity index (χ1n) is 7.34. The lowest BCUT2D eigenvalue weighted by Gasteiger charge is -2.36. The molecule has 0 bridgehead atoms. The Hall–Kier alpha value is -2.59. The highest BCUT2D eigenvalue weighted by molar-refractivity contribution is 7.15. The van der Waals surface area contributed by atoms with E-state index >= 15 is 0 Å². The molecule has 0 aliphatic carbocycles. The van der Waals surface area contributed by atoms with Crippen LogP contribution in [-0.4, -0.2) is 28.7 Å². The zero-order valence-corrected chi connectivity index (χ0v) is 14.1. The maximum Gasteiger partial charge on any atom is 0.228 e. The Bertz CT molecular complexity index is 865. The molecule has 1 fully saturated rings. The third kappa shape index (κ3) is 2.69. The molecule has 2 heterocycles. The number of piperidine rings is 1. The monoisotopic (exact) mass is 342 g/mol.